The molecule has 0 aromatic heterocycles. The minimum Gasteiger partial charge on any atom is -0.399 e. The summed E-state index contributed by atoms with van der Waals surface area (Å²) in [6.45, 7) is 0. The second kappa shape index (κ2) is 10.1. The molecule has 0 saturated carbocycles. The van der Waals surface area contributed by atoms with Gasteiger partial charge < -0.3 is 11.1 Å². The number of fused-ring (bicyclic) bond motifs is 1. The van der Waals surface area contributed by atoms with Crippen molar-refractivity contribution in [2.24, 2.45) is 0 Å². The van der Waals surface area contributed by atoms with Gasteiger partial charge in [-0.05, 0) is 47.9 Å². The second-order valence-electron chi connectivity index (χ2n) is 5.88. The number of rotatable bonds is 4. The van der Waals surface area contributed by atoms with E-state index in [9.17, 15) is 30.7 Å². The number of hydrogen-bond donors (Lipinski definition) is 4. The molecular formula is C17H14N2Na2O7S2. The molecule has 0 atom stereocenters. The third kappa shape index (κ3) is 6.26. The van der Waals surface area contributed by atoms with Gasteiger partial charge in [0.2, 0.25) is 0 Å². The van der Waals surface area contributed by atoms with E-state index in [1.54, 1.807) is 12.1 Å². The predicted octanol–water partition coefficient (Wildman–Crippen LogP) is 1.41. The molecule has 3 rings (SSSR count). The Balaban J connectivity index is 0.00000225. The van der Waals surface area contributed by atoms with Crippen LogP contribution in [0.25, 0.3) is 10.8 Å². The molecule has 0 fully saturated rings. The normalized spacial score (nSPS) is 11.3. The molecule has 0 saturated heterocycles. The maximum absolute atomic E-state index is 12.5. The van der Waals surface area contributed by atoms with E-state index in [0.29, 0.717) is 5.69 Å². The van der Waals surface area contributed by atoms with Crippen molar-refractivity contribution < 1.29 is 30.7 Å². The fourth-order valence-corrected chi connectivity index (χ4v) is 3.67. The van der Waals surface area contributed by atoms with Crippen LogP contribution in [0.4, 0.5) is 11.4 Å². The summed E-state index contributed by atoms with van der Waals surface area (Å²) in [6, 6.07) is 11.5. The number of amides is 1. The molecule has 0 aliphatic carbocycles. The number of nitrogen functional groups attached to an aromatic ring is 1. The maximum Gasteiger partial charge on any atom is 0.294 e. The van der Waals surface area contributed by atoms with E-state index >= 15 is 0 Å². The molecule has 9 nitrogen and oxygen atoms in total. The molecule has 0 aliphatic heterocycles. The second-order valence-corrected chi connectivity index (χ2v) is 8.73. The third-order valence-corrected chi connectivity index (χ3v) is 5.57. The molecule has 0 heterocycles. The largest absolute Gasteiger partial charge is 0.399 e. The van der Waals surface area contributed by atoms with Crippen molar-refractivity contribution in [2.45, 2.75) is 9.79 Å². The van der Waals surface area contributed by atoms with E-state index in [2.05, 4.69) is 5.32 Å². The van der Waals surface area contributed by atoms with Crippen molar-refractivity contribution in [3.63, 3.8) is 0 Å². The zero-order valence-corrected chi connectivity index (χ0v) is 21.7. The van der Waals surface area contributed by atoms with Gasteiger partial charge in [0.25, 0.3) is 26.1 Å². The summed E-state index contributed by atoms with van der Waals surface area (Å²) in [7, 11) is -9.19. The Labute approximate surface area is 217 Å². The van der Waals surface area contributed by atoms with Crippen LogP contribution in [-0.4, -0.2) is 91.0 Å². The van der Waals surface area contributed by atoms with Crippen LogP contribution >= 0.6 is 0 Å². The van der Waals surface area contributed by atoms with Crippen LogP contribution in [-0.2, 0) is 20.2 Å². The van der Waals surface area contributed by atoms with Crippen molar-refractivity contribution >= 4 is 107 Å². The molecule has 13 heteroatoms. The Bertz CT molecular complexity index is 1320. The first kappa shape index (κ1) is 27.0. The average molecular weight is 468 g/mol. The van der Waals surface area contributed by atoms with Crippen LogP contribution in [0, 0.1) is 0 Å². The zero-order chi connectivity index (χ0) is 20.7. The Hall–Kier alpha value is -0.990. The van der Waals surface area contributed by atoms with Gasteiger partial charge in [0.05, 0.1) is 15.5 Å². The summed E-state index contributed by atoms with van der Waals surface area (Å²) < 4.78 is 64.4. The predicted molar refractivity (Wildman–Crippen MR) is 114 cm³/mol. The van der Waals surface area contributed by atoms with Crippen molar-refractivity contribution in [2.75, 3.05) is 11.1 Å². The van der Waals surface area contributed by atoms with Crippen LogP contribution in [0.1, 0.15) is 10.4 Å². The van der Waals surface area contributed by atoms with E-state index in [-0.39, 0.29) is 81.1 Å². The number of carbonyl (C=O) groups is 1. The Morgan fingerprint density at radius 2 is 1.43 bits per heavy atom. The van der Waals surface area contributed by atoms with Crippen molar-refractivity contribution in [3.05, 3.63) is 60.2 Å². The number of anilines is 2. The first-order chi connectivity index (χ1) is 12.9. The average Bonchev–Trinajstić information content (AvgIpc) is 2.59. The van der Waals surface area contributed by atoms with E-state index in [0.717, 1.165) is 24.3 Å². The summed E-state index contributed by atoms with van der Waals surface area (Å²) in [6.07, 6.45) is 0. The van der Waals surface area contributed by atoms with Gasteiger partial charge in [-0.3, -0.25) is 13.9 Å². The summed E-state index contributed by atoms with van der Waals surface area (Å²) in [4.78, 5) is 11.5. The van der Waals surface area contributed by atoms with Gasteiger partial charge in [-0.15, -0.1) is 0 Å². The zero-order valence-electron chi connectivity index (χ0n) is 16.0. The van der Waals surface area contributed by atoms with Gasteiger partial charge in [-0.25, -0.2) is 0 Å². The standard InChI is InChI=1S/C17H14N2O7S2.2Na/c18-12-3-1-2-10(6-12)17(20)19-16-9-14(28(24,25)26)8-11-7-13(27(21,22)23)4-5-15(11)16;;/h1-9H,18H2,(H,19,20)(H,21,22,23)(H,24,25,26);;. The summed E-state index contributed by atoms with van der Waals surface area (Å²) in [5.41, 5.74) is 6.22. The molecule has 3 aromatic carbocycles. The SMILES string of the molecule is Nc1cccc(C(=O)Nc2cc(S(=O)(=O)O)cc3cc(S(=O)(=O)O)ccc23)c1.[Na].[Na]. The smallest absolute Gasteiger partial charge is 0.294 e. The Morgan fingerprint density at radius 1 is 0.833 bits per heavy atom. The summed E-state index contributed by atoms with van der Waals surface area (Å²) >= 11 is 0. The molecule has 0 bridgehead atoms. The van der Waals surface area contributed by atoms with Gasteiger partial charge in [0.1, 0.15) is 0 Å². The third-order valence-electron chi connectivity index (χ3n) is 3.89. The number of benzene rings is 3. The molecule has 0 aliphatic rings. The topological polar surface area (TPSA) is 164 Å². The van der Waals surface area contributed by atoms with Crippen LogP contribution in [0.5, 0.6) is 0 Å². The van der Waals surface area contributed by atoms with Crippen LogP contribution < -0.4 is 11.1 Å². The van der Waals surface area contributed by atoms with Gasteiger partial charge in [-0.2, -0.15) is 16.8 Å². The molecule has 2 radical (unpaired) electrons. The minimum absolute atomic E-state index is 0. The molecule has 3 aromatic rings. The molecule has 148 valence electrons. The summed E-state index contributed by atoms with van der Waals surface area (Å²) in [5.74, 6) is -0.597. The number of carbonyl (C=O) groups excluding carboxylic acids is 1. The number of hydrogen-bond acceptors (Lipinski definition) is 6. The number of nitrogens with two attached hydrogens (primary N) is 1. The van der Waals surface area contributed by atoms with Crippen LogP contribution in [0.2, 0.25) is 0 Å². The van der Waals surface area contributed by atoms with Crippen molar-refractivity contribution in [3.8, 4) is 0 Å². The first-order valence-electron chi connectivity index (χ1n) is 7.65. The first-order valence-corrected chi connectivity index (χ1v) is 10.5. The van der Waals surface area contributed by atoms with Gasteiger partial charge >= 0.3 is 0 Å². The Kier molecular flexibility index (Phi) is 9.09. The molecule has 0 unspecified atom stereocenters. The minimum atomic E-state index is -4.66. The van der Waals surface area contributed by atoms with E-state index in [1.807, 2.05) is 0 Å². The molecule has 0 spiro atoms. The van der Waals surface area contributed by atoms with Crippen LogP contribution in [0.3, 0.4) is 0 Å². The van der Waals surface area contributed by atoms with E-state index < -0.39 is 35.9 Å². The summed E-state index contributed by atoms with van der Waals surface area (Å²) in [5, 5.41) is 2.87. The van der Waals surface area contributed by atoms with Gasteiger partial charge in [0.15, 0.2) is 0 Å². The molecular weight excluding hydrogens is 454 g/mol. The van der Waals surface area contributed by atoms with E-state index in [1.165, 1.54) is 18.2 Å². The Morgan fingerprint density at radius 3 is 2.00 bits per heavy atom. The molecule has 5 N–H and O–H groups in total. The van der Waals surface area contributed by atoms with Crippen molar-refractivity contribution in [1.29, 1.82) is 0 Å². The maximum atomic E-state index is 12.5. The van der Waals surface area contributed by atoms with Crippen molar-refractivity contribution in [1.82, 2.24) is 0 Å². The fourth-order valence-electron chi connectivity index (χ4n) is 2.61. The van der Waals surface area contributed by atoms with Gasteiger partial charge in [0, 0.05) is 75.8 Å². The van der Waals surface area contributed by atoms with Gasteiger partial charge in [-0.1, -0.05) is 12.1 Å². The van der Waals surface area contributed by atoms with E-state index in [4.69, 9.17) is 5.73 Å². The van der Waals surface area contributed by atoms with Crippen LogP contribution in [0.15, 0.2) is 64.4 Å². The monoisotopic (exact) mass is 468 g/mol. The molecule has 30 heavy (non-hydrogen) atoms. The fraction of sp³-hybridized carbons (Fsp3) is 0. The quantitative estimate of drug-likeness (QED) is 0.254. The number of nitrogens with one attached hydrogen (secondary N) is 1. The molecule has 1 amide bonds.